The van der Waals surface area contributed by atoms with E-state index < -0.39 is 5.82 Å². The molecule has 186 valence electrons. The van der Waals surface area contributed by atoms with Crippen molar-refractivity contribution < 1.29 is 23.4 Å². The van der Waals surface area contributed by atoms with Crippen LogP contribution < -0.4 is 9.47 Å². The van der Waals surface area contributed by atoms with E-state index in [0.29, 0.717) is 55.5 Å². The van der Waals surface area contributed by atoms with Gasteiger partial charge in [0, 0.05) is 36.3 Å². The number of amides is 1. The molecule has 4 aromatic rings. The third-order valence-electron chi connectivity index (χ3n) is 6.19. The number of carbonyl (C=O) groups excluding carboxylic acids is 1. The SMILES string of the molecule is CCc1nc(-c2ccc(OC)c(F)c2)nc2c1ccn2-c1cccc(OCC(=O)N2CCOCC2)c1. The molecule has 0 N–H and O–H groups in total. The van der Waals surface area contributed by atoms with E-state index in [1.54, 1.807) is 17.0 Å². The lowest BCUT2D eigenvalue weighted by molar-refractivity contribution is -0.137. The minimum atomic E-state index is -0.469. The van der Waals surface area contributed by atoms with Crippen molar-refractivity contribution in [2.75, 3.05) is 40.0 Å². The Labute approximate surface area is 208 Å². The number of benzene rings is 2. The third-order valence-corrected chi connectivity index (χ3v) is 6.19. The zero-order valence-corrected chi connectivity index (χ0v) is 20.2. The topological polar surface area (TPSA) is 78.7 Å². The van der Waals surface area contributed by atoms with Gasteiger partial charge in [0.2, 0.25) is 0 Å². The second-order valence-electron chi connectivity index (χ2n) is 8.40. The Kier molecular flexibility index (Phi) is 6.81. The quantitative estimate of drug-likeness (QED) is 0.389. The molecule has 1 aliphatic heterocycles. The Morgan fingerprint density at radius 1 is 1.11 bits per heavy atom. The first kappa shape index (κ1) is 23.7. The molecule has 1 saturated heterocycles. The van der Waals surface area contributed by atoms with Gasteiger partial charge in [0.1, 0.15) is 11.4 Å². The number of aromatic nitrogens is 3. The molecule has 9 heteroatoms. The summed E-state index contributed by atoms with van der Waals surface area (Å²) in [5, 5.41) is 0.920. The second kappa shape index (κ2) is 10.3. The molecule has 0 atom stereocenters. The first-order valence-corrected chi connectivity index (χ1v) is 11.9. The number of ether oxygens (including phenoxy) is 3. The van der Waals surface area contributed by atoms with Crippen LogP contribution in [0.25, 0.3) is 28.1 Å². The maximum Gasteiger partial charge on any atom is 0.260 e. The zero-order valence-electron chi connectivity index (χ0n) is 20.2. The van der Waals surface area contributed by atoms with E-state index in [1.165, 1.54) is 13.2 Å². The predicted octanol–water partition coefficient (Wildman–Crippen LogP) is 4.04. The first-order valence-electron chi connectivity index (χ1n) is 11.9. The van der Waals surface area contributed by atoms with Gasteiger partial charge in [-0.2, -0.15) is 0 Å². The molecule has 1 fully saturated rings. The monoisotopic (exact) mass is 490 g/mol. The van der Waals surface area contributed by atoms with Crippen LogP contribution in [0.1, 0.15) is 12.6 Å². The summed E-state index contributed by atoms with van der Waals surface area (Å²) in [6.45, 7) is 4.25. The van der Waals surface area contributed by atoms with Gasteiger partial charge in [0.05, 0.1) is 31.7 Å². The van der Waals surface area contributed by atoms with Crippen LogP contribution in [0.2, 0.25) is 0 Å². The number of halogens is 1. The Hall–Kier alpha value is -3.98. The molecule has 0 radical (unpaired) electrons. The van der Waals surface area contributed by atoms with Gasteiger partial charge in [-0.3, -0.25) is 4.79 Å². The number of nitrogens with zero attached hydrogens (tertiary/aromatic N) is 4. The average Bonchev–Trinajstić information content (AvgIpc) is 3.36. The highest BCUT2D eigenvalue weighted by Crippen LogP contribution is 2.28. The van der Waals surface area contributed by atoms with Crippen molar-refractivity contribution >= 4 is 16.9 Å². The van der Waals surface area contributed by atoms with Gasteiger partial charge in [0.15, 0.2) is 24.0 Å². The van der Waals surface area contributed by atoms with Gasteiger partial charge in [-0.05, 0) is 42.8 Å². The third kappa shape index (κ3) is 4.74. The number of methoxy groups -OCH3 is 1. The van der Waals surface area contributed by atoms with Crippen LogP contribution in [0.3, 0.4) is 0 Å². The van der Waals surface area contributed by atoms with Crippen LogP contribution in [0.5, 0.6) is 11.5 Å². The highest BCUT2D eigenvalue weighted by Gasteiger charge is 2.18. The molecule has 0 bridgehead atoms. The fourth-order valence-corrected chi connectivity index (χ4v) is 4.26. The summed E-state index contributed by atoms with van der Waals surface area (Å²) in [7, 11) is 1.43. The number of rotatable bonds is 7. The van der Waals surface area contributed by atoms with Crippen molar-refractivity contribution in [3.05, 3.63) is 66.2 Å². The van der Waals surface area contributed by atoms with Crippen molar-refractivity contribution in [2.24, 2.45) is 0 Å². The smallest absolute Gasteiger partial charge is 0.260 e. The van der Waals surface area contributed by atoms with Crippen LogP contribution in [0.4, 0.5) is 4.39 Å². The second-order valence-corrected chi connectivity index (χ2v) is 8.40. The molecule has 1 amide bonds. The minimum absolute atomic E-state index is 0.0365. The lowest BCUT2D eigenvalue weighted by Crippen LogP contribution is -2.42. The van der Waals surface area contributed by atoms with E-state index in [0.717, 1.165) is 16.8 Å². The van der Waals surface area contributed by atoms with E-state index in [1.807, 2.05) is 48.0 Å². The molecule has 0 aliphatic carbocycles. The highest BCUT2D eigenvalue weighted by molar-refractivity contribution is 5.83. The normalized spacial score (nSPS) is 13.7. The fraction of sp³-hybridized carbons (Fsp3) is 0.296. The summed E-state index contributed by atoms with van der Waals surface area (Å²) < 4.78 is 32.5. The summed E-state index contributed by atoms with van der Waals surface area (Å²) in [4.78, 5) is 23.7. The molecule has 0 spiro atoms. The van der Waals surface area contributed by atoms with Crippen molar-refractivity contribution in [3.8, 4) is 28.6 Å². The summed E-state index contributed by atoms with van der Waals surface area (Å²) in [6.07, 6.45) is 2.62. The molecule has 3 heterocycles. The number of carbonyl (C=O) groups is 1. The Bertz CT molecular complexity index is 1400. The summed E-state index contributed by atoms with van der Waals surface area (Å²) in [5.74, 6) is 0.654. The number of aryl methyl sites for hydroxylation is 1. The minimum Gasteiger partial charge on any atom is -0.494 e. The number of fused-ring (bicyclic) bond motifs is 1. The Morgan fingerprint density at radius 3 is 2.69 bits per heavy atom. The molecule has 2 aromatic heterocycles. The number of hydrogen-bond donors (Lipinski definition) is 0. The number of hydrogen-bond acceptors (Lipinski definition) is 6. The maximum atomic E-state index is 14.4. The van der Waals surface area contributed by atoms with Crippen molar-refractivity contribution in [1.82, 2.24) is 19.4 Å². The van der Waals surface area contributed by atoms with Crippen molar-refractivity contribution in [2.45, 2.75) is 13.3 Å². The molecular formula is C27H27FN4O4. The Balaban J connectivity index is 1.45. The highest BCUT2D eigenvalue weighted by atomic mass is 19.1. The van der Waals surface area contributed by atoms with Gasteiger partial charge in [-0.15, -0.1) is 0 Å². The van der Waals surface area contributed by atoms with Gasteiger partial charge >= 0.3 is 0 Å². The van der Waals surface area contributed by atoms with E-state index in [-0.39, 0.29) is 18.3 Å². The molecular weight excluding hydrogens is 463 g/mol. The van der Waals surface area contributed by atoms with Crippen LogP contribution in [0, 0.1) is 5.82 Å². The fourth-order valence-electron chi connectivity index (χ4n) is 4.26. The molecule has 2 aromatic carbocycles. The molecule has 1 aliphatic rings. The standard InChI is InChI=1S/C27H27FN4O4/c1-3-23-21-9-10-32(27(21)30-26(29-23)18-7-8-24(34-2)22(28)15-18)19-5-4-6-20(16-19)36-17-25(33)31-11-13-35-14-12-31/h4-10,15-16H,3,11-14,17H2,1-2H3. The van der Waals surface area contributed by atoms with Crippen LogP contribution in [-0.4, -0.2) is 65.4 Å². The van der Waals surface area contributed by atoms with Crippen molar-refractivity contribution in [3.63, 3.8) is 0 Å². The van der Waals surface area contributed by atoms with Gasteiger partial charge in [-0.1, -0.05) is 13.0 Å². The lowest BCUT2D eigenvalue weighted by atomic mass is 10.1. The number of morpholine rings is 1. The van der Waals surface area contributed by atoms with Gasteiger partial charge in [-0.25, -0.2) is 14.4 Å². The van der Waals surface area contributed by atoms with Crippen LogP contribution in [0.15, 0.2) is 54.7 Å². The van der Waals surface area contributed by atoms with Crippen LogP contribution >= 0.6 is 0 Å². The zero-order chi connectivity index (χ0) is 25.1. The molecule has 8 nitrogen and oxygen atoms in total. The van der Waals surface area contributed by atoms with E-state index in [9.17, 15) is 9.18 Å². The van der Waals surface area contributed by atoms with Crippen molar-refractivity contribution in [1.29, 1.82) is 0 Å². The van der Waals surface area contributed by atoms with Gasteiger partial charge < -0.3 is 23.7 Å². The molecule has 0 unspecified atom stereocenters. The molecule has 36 heavy (non-hydrogen) atoms. The summed E-state index contributed by atoms with van der Waals surface area (Å²) in [6, 6.07) is 14.2. The van der Waals surface area contributed by atoms with E-state index in [4.69, 9.17) is 24.2 Å². The maximum absolute atomic E-state index is 14.4. The Morgan fingerprint density at radius 2 is 1.94 bits per heavy atom. The average molecular weight is 491 g/mol. The predicted molar refractivity (Wildman–Crippen MR) is 133 cm³/mol. The first-order chi connectivity index (χ1) is 17.6. The van der Waals surface area contributed by atoms with Gasteiger partial charge in [0.25, 0.3) is 5.91 Å². The van der Waals surface area contributed by atoms with E-state index >= 15 is 0 Å². The largest absolute Gasteiger partial charge is 0.494 e. The molecule has 5 rings (SSSR count). The lowest BCUT2D eigenvalue weighted by Gasteiger charge is -2.26. The van der Waals surface area contributed by atoms with E-state index in [2.05, 4.69) is 0 Å². The van der Waals surface area contributed by atoms with Crippen LogP contribution in [-0.2, 0) is 16.0 Å². The summed E-state index contributed by atoms with van der Waals surface area (Å²) >= 11 is 0. The molecule has 0 saturated carbocycles. The summed E-state index contributed by atoms with van der Waals surface area (Å²) in [5.41, 5.74) is 2.97.